The molecule has 9 heteroatoms. The van der Waals surface area contributed by atoms with Gasteiger partial charge in [-0.15, -0.1) is 11.3 Å². The maximum atomic E-state index is 12.9. The summed E-state index contributed by atoms with van der Waals surface area (Å²) >= 11 is 13.1. The van der Waals surface area contributed by atoms with Crippen LogP contribution >= 0.6 is 34.5 Å². The SMILES string of the molecule is C=C(C(=O)c1sc(-c2ccc(C(F)(F)F)cc2)nc1C)c1ccc(O)c(Cl)c1Cl. The summed E-state index contributed by atoms with van der Waals surface area (Å²) in [6.07, 6.45) is -4.43. The zero-order valence-corrected chi connectivity index (χ0v) is 17.1. The van der Waals surface area contributed by atoms with Crippen molar-refractivity contribution in [3.63, 3.8) is 0 Å². The summed E-state index contributed by atoms with van der Waals surface area (Å²) in [7, 11) is 0. The van der Waals surface area contributed by atoms with Crippen LogP contribution in [0.3, 0.4) is 0 Å². The number of aromatic hydroxyl groups is 1. The van der Waals surface area contributed by atoms with Gasteiger partial charge in [0.05, 0.1) is 21.2 Å². The molecule has 0 aliphatic rings. The molecule has 0 atom stereocenters. The standard InChI is InChI=1S/C20H12Cl2F3NO2S/c1-9(13-7-8-14(27)16(22)15(13)21)17(28)18-10(2)26-19(29-18)11-3-5-12(6-4-11)20(23,24)25/h3-8,27H,1H2,2H3. The molecule has 150 valence electrons. The fourth-order valence-corrected chi connectivity index (χ4v) is 4.04. The predicted octanol–water partition coefficient (Wildman–Crippen LogP) is 7.05. The number of phenolic OH excluding ortho intramolecular Hbond substituents is 1. The second-order valence-corrected chi connectivity index (χ2v) is 7.83. The fraction of sp³-hybridized carbons (Fsp3) is 0.100. The lowest BCUT2D eigenvalue weighted by Crippen LogP contribution is -2.03. The number of thiazole rings is 1. The number of halogens is 5. The minimum atomic E-state index is -4.43. The molecule has 1 N–H and O–H groups in total. The van der Waals surface area contributed by atoms with Gasteiger partial charge in [-0.05, 0) is 31.2 Å². The Morgan fingerprint density at radius 1 is 1.10 bits per heavy atom. The van der Waals surface area contributed by atoms with Gasteiger partial charge in [-0.3, -0.25) is 4.79 Å². The number of carbonyl (C=O) groups excluding carboxylic acids is 1. The van der Waals surface area contributed by atoms with Crippen LogP contribution in [0.2, 0.25) is 10.0 Å². The molecule has 1 heterocycles. The van der Waals surface area contributed by atoms with Crippen molar-refractivity contribution in [3.05, 3.63) is 74.7 Å². The number of rotatable bonds is 4. The van der Waals surface area contributed by atoms with E-state index in [1.807, 2.05) is 0 Å². The molecular weight excluding hydrogens is 446 g/mol. The van der Waals surface area contributed by atoms with Crippen molar-refractivity contribution in [1.82, 2.24) is 4.98 Å². The number of alkyl halides is 3. The number of allylic oxidation sites excluding steroid dienone is 1. The lowest BCUT2D eigenvalue weighted by atomic mass is 10.0. The van der Waals surface area contributed by atoms with Crippen LogP contribution in [-0.4, -0.2) is 15.9 Å². The Labute approximate surface area is 178 Å². The second kappa shape index (κ2) is 7.82. The summed E-state index contributed by atoms with van der Waals surface area (Å²) in [5, 5.41) is 9.90. The van der Waals surface area contributed by atoms with Crippen molar-refractivity contribution >= 4 is 45.9 Å². The minimum Gasteiger partial charge on any atom is -0.506 e. The van der Waals surface area contributed by atoms with Gasteiger partial charge in [0.1, 0.15) is 15.8 Å². The van der Waals surface area contributed by atoms with Gasteiger partial charge in [0.2, 0.25) is 5.78 Å². The third kappa shape index (κ3) is 4.17. The molecular formula is C20H12Cl2F3NO2S. The molecule has 0 spiro atoms. The van der Waals surface area contributed by atoms with E-state index < -0.39 is 17.5 Å². The quantitative estimate of drug-likeness (QED) is 0.337. The van der Waals surface area contributed by atoms with Gasteiger partial charge < -0.3 is 5.11 Å². The van der Waals surface area contributed by atoms with Crippen LogP contribution in [0, 0.1) is 6.92 Å². The normalized spacial score (nSPS) is 11.5. The van der Waals surface area contributed by atoms with Crippen molar-refractivity contribution in [1.29, 1.82) is 0 Å². The molecule has 0 radical (unpaired) electrons. The van der Waals surface area contributed by atoms with Crippen LogP contribution in [0.5, 0.6) is 5.75 Å². The Hall–Kier alpha value is -2.35. The van der Waals surface area contributed by atoms with Crippen LogP contribution in [0.1, 0.15) is 26.5 Å². The van der Waals surface area contributed by atoms with Gasteiger partial charge in [-0.25, -0.2) is 4.98 Å². The van der Waals surface area contributed by atoms with Crippen molar-refractivity contribution in [2.75, 3.05) is 0 Å². The van der Waals surface area contributed by atoms with Crippen LogP contribution in [-0.2, 0) is 6.18 Å². The topological polar surface area (TPSA) is 50.2 Å². The van der Waals surface area contributed by atoms with E-state index in [1.165, 1.54) is 24.3 Å². The van der Waals surface area contributed by atoms with Crippen molar-refractivity contribution in [2.45, 2.75) is 13.1 Å². The Bertz CT molecular complexity index is 1120. The average molecular weight is 458 g/mol. The van der Waals surface area contributed by atoms with E-state index in [2.05, 4.69) is 11.6 Å². The largest absolute Gasteiger partial charge is 0.506 e. The number of benzene rings is 2. The van der Waals surface area contributed by atoms with Crippen molar-refractivity contribution in [2.24, 2.45) is 0 Å². The highest BCUT2D eigenvalue weighted by Crippen LogP contribution is 2.39. The highest BCUT2D eigenvalue weighted by Gasteiger charge is 2.30. The Balaban J connectivity index is 1.93. The smallest absolute Gasteiger partial charge is 0.416 e. The highest BCUT2D eigenvalue weighted by atomic mass is 35.5. The van der Waals surface area contributed by atoms with E-state index in [0.29, 0.717) is 16.3 Å². The molecule has 0 saturated heterocycles. The van der Waals surface area contributed by atoms with Gasteiger partial charge in [0.15, 0.2) is 0 Å². The number of aromatic nitrogens is 1. The Kier molecular flexibility index (Phi) is 5.76. The first-order valence-corrected chi connectivity index (χ1v) is 9.64. The molecule has 0 aliphatic heterocycles. The number of ketones is 1. The van der Waals surface area contributed by atoms with Gasteiger partial charge in [0, 0.05) is 16.7 Å². The number of Topliss-reactive ketones (excluding diaryl/α,β-unsaturated/α-hetero) is 1. The summed E-state index contributed by atoms with van der Waals surface area (Å²) in [4.78, 5) is 17.5. The molecule has 0 fully saturated rings. The summed E-state index contributed by atoms with van der Waals surface area (Å²) < 4.78 is 38.2. The Morgan fingerprint density at radius 3 is 2.31 bits per heavy atom. The van der Waals surface area contributed by atoms with E-state index in [0.717, 1.165) is 23.5 Å². The van der Waals surface area contributed by atoms with Crippen molar-refractivity contribution in [3.8, 4) is 16.3 Å². The lowest BCUT2D eigenvalue weighted by Gasteiger charge is -2.09. The van der Waals surface area contributed by atoms with Gasteiger partial charge in [-0.2, -0.15) is 13.2 Å². The minimum absolute atomic E-state index is 0.00449. The number of aryl methyl sites for hydroxylation is 1. The van der Waals surface area contributed by atoms with E-state index in [1.54, 1.807) is 6.92 Å². The molecule has 0 bridgehead atoms. The number of hydrogen-bond donors (Lipinski definition) is 1. The predicted molar refractivity (Wildman–Crippen MR) is 109 cm³/mol. The molecule has 0 unspecified atom stereocenters. The van der Waals surface area contributed by atoms with Crippen LogP contribution in [0.25, 0.3) is 16.1 Å². The first kappa shape index (κ1) is 21.4. The zero-order chi connectivity index (χ0) is 21.5. The number of hydrogen-bond acceptors (Lipinski definition) is 4. The third-order valence-electron chi connectivity index (χ3n) is 4.12. The van der Waals surface area contributed by atoms with E-state index in [-0.39, 0.29) is 31.8 Å². The Morgan fingerprint density at radius 2 is 1.72 bits per heavy atom. The maximum Gasteiger partial charge on any atom is 0.416 e. The summed E-state index contributed by atoms with van der Waals surface area (Å²) in [5.41, 5.74) is 0.433. The lowest BCUT2D eigenvalue weighted by molar-refractivity contribution is -0.137. The molecule has 2 aromatic carbocycles. The summed E-state index contributed by atoms with van der Waals surface area (Å²) in [6, 6.07) is 7.27. The average Bonchev–Trinajstić information content (AvgIpc) is 3.06. The van der Waals surface area contributed by atoms with E-state index in [9.17, 15) is 23.1 Å². The molecule has 1 aromatic heterocycles. The van der Waals surface area contributed by atoms with Crippen LogP contribution < -0.4 is 0 Å². The van der Waals surface area contributed by atoms with Gasteiger partial charge >= 0.3 is 6.18 Å². The van der Waals surface area contributed by atoms with Crippen molar-refractivity contribution < 1.29 is 23.1 Å². The molecule has 29 heavy (non-hydrogen) atoms. The molecule has 3 rings (SSSR count). The van der Waals surface area contributed by atoms with Gasteiger partial charge in [0.25, 0.3) is 0 Å². The second-order valence-electron chi connectivity index (χ2n) is 6.08. The number of nitrogens with zero attached hydrogens (tertiary/aromatic N) is 1. The number of phenols is 1. The highest BCUT2D eigenvalue weighted by molar-refractivity contribution is 7.17. The third-order valence-corrected chi connectivity index (χ3v) is 6.20. The monoisotopic (exact) mass is 457 g/mol. The molecule has 3 nitrogen and oxygen atoms in total. The van der Waals surface area contributed by atoms with E-state index >= 15 is 0 Å². The molecule has 3 aromatic rings. The molecule has 0 amide bonds. The first-order chi connectivity index (χ1) is 13.5. The molecule has 0 saturated carbocycles. The first-order valence-electron chi connectivity index (χ1n) is 8.06. The fourth-order valence-electron chi connectivity index (χ4n) is 2.56. The maximum absolute atomic E-state index is 12.9. The van der Waals surface area contributed by atoms with E-state index in [4.69, 9.17) is 23.2 Å². The molecule has 0 aliphatic carbocycles. The summed E-state index contributed by atoms with van der Waals surface area (Å²) in [5.74, 6) is -0.666. The summed E-state index contributed by atoms with van der Waals surface area (Å²) in [6.45, 7) is 5.40. The van der Waals surface area contributed by atoms with Crippen LogP contribution in [0.15, 0.2) is 43.0 Å². The number of carbonyl (C=O) groups is 1. The van der Waals surface area contributed by atoms with Crippen LogP contribution in [0.4, 0.5) is 13.2 Å². The van der Waals surface area contributed by atoms with Gasteiger partial charge in [-0.1, -0.05) is 41.9 Å². The zero-order valence-electron chi connectivity index (χ0n) is 14.8.